The molecule has 4 rings (SSSR count). The Morgan fingerprint density at radius 3 is 2.23 bits per heavy atom. The lowest BCUT2D eigenvalue weighted by molar-refractivity contribution is -0.244. The van der Waals surface area contributed by atoms with Crippen molar-refractivity contribution in [1.29, 1.82) is 0 Å². The van der Waals surface area contributed by atoms with E-state index in [0.29, 0.717) is 29.8 Å². The van der Waals surface area contributed by atoms with Crippen molar-refractivity contribution in [3.63, 3.8) is 0 Å². The lowest BCUT2D eigenvalue weighted by atomic mass is 9.93. The van der Waals surface area contributed by atoms with Crippen molar-refractivity contribution in [3.05, 3.63) is 65.7 Å². The van der Waals surface area contributed by atoms with Gasteiger partial charge in [0.25, 0.3) is 11.7 Å². The lowest BCUT2D eigenvalue weighted by Crippen LogP contribution is -2.47. The second-order valence-electron chi connectivity index (χ2n) is 7.58. The molecule has 1 saturated heterocycles. The summed E-state index contributed by atoms with van der Waals surface area (Å²) in [6, 6.07) is 15.8. The molecule has 1 N–H and O–H groups in total. The third kappa shape index (κ3) is 5.12. The fourth-order valence-corrected chi connectivity index (χ4v) is 3.66. The van der Waals surface area contributed by atoms with E-state index in [1.807, 2.05) is 18.2 Å². The summed E-state index contributed by atoms with van der Waals surface area (Å²) in [5.74, 6) is -2.20. The minimum Gasteiger partial charge on any atom is -0.484 e. The molecule has 0 radical (unpaired) electrons. The molecule has 1 amide bonds. The van der Waals surface area contributed by atoms with Crippen molar-refractivity contribution in [2.75, 3.05) is 11.9 Å². The van der Waals surface area contributed by atoms with Crippen molar-refractivity contribution in [2.24, 2.45) is 0 Å². The molecule has 1 saturated carbocycles. The zero-order chi connectivity index (χ0) is 21.7. The molecule has 31 heavy (non-hydrogen) atoms. The van der Waals surface area contributed by atoms with Gasteiger partial charge in [-0.05, 0) is 48.7 Å². The first-order chi connectivity index (χ1) is 15.0. The molecule has 1 aliphatic heterocycles. The quantitative estimate of drug-likeness (QED) is 0.448. The molecule has 2 aromatic rings. The fourth-order valence-electron chi connectivity index (χ4n) is 3.66. The third-order valence-electron chi connectivity index (χ3n) is 5.23. The van der Waals surface area contributed by atoms with E-state index >= 15 is 0 Å². The van der Waals surface area contributed by atoms with Crippen LogP contribution in [0, 0.1) is 0 Å². The van der Waals surface area contributed by atoms with E-state index in [2.05, 4.69) is 5.32 Å². The lowest BCUT2D eigenvalue weighted by Gasteiger charge is -2.38. The highest BCUT2D eigenvalue weighted by molar-refractivity contribution is 6.18. The molecule has 7 heteroatoms. The SMILES string of the molecule is O=C(COc1ccc(C=C2C(=O)OC3(CCCCC3)OC2=O)cc1)Nc1ccccc1. The van der Waals surface area contributed by atoms with Crippen LogP contribution in [0.3, 0.4) is 0 Å². The molecule has 160 valence electrons. The average molecular weight is 421 g/mol. The Morgan fingerprint density at radius 2 is 1.58 bits per heavy atom. The smallest absolute Gasteiger partial charge is 0.348 e. The molecule has 2 aliphatic rings. The Balaban J connectivity index is 1.34. The Kier molecular flexibility index (Phi) is 6.02. The molecule has 2 fully saturated rings. The van der Waals surface area contributed by atoms with Crippen LogP contribution in [-0.2, 0) is 23.9 Å². The first kappa shape index (κ1) is 20.7. The maximum absolute atomic E-state index is 12.4. The van der Waals surface area contributed by atoms with Crippen molar-refractivity contribution in [1.82, 2.24) is 0 Å². The van der Waals surface area contributed by atoms with Crippen molar-refractivity contribution in [2.45, 2.75) is 37.9 Å². The van der Waals surface area contributed by atoms with Gasteiger partial charge in [0.05, 0.1) is 0 Å². The zero-order valence-electron chi connectivity index (χ0n) is 17.0. The van der Waals surface area contributed by atoms with Gasteiger partial charge in [0.1, 0.15) is 11.3 Å². The predicted octanol–water partition coefficient (Wildman–Crippen LogP) is 3.85. The van der Waals surface area contributed by atoms with Crippen LogP contribution in [-0.4, -0.2) is 30.2 Å². The van der Waals surface area contributed by atoms with Crippen molar-refractivity contribution < 1.29 is 28.6 Å². The molecule has 0 aromatic heterocycles. The molecule has 0 unspecified atom stereocenters. The van der Waals surface area contributed by atoms with Gasteiger partial charge in [0, 0.05) is 18.5 Å². The van der Waals surface area contributed by atoms with Gasteiger partial charge < -0.3 is 19.5 Å². The summed E-state index contributed by atoms with van der Waals surface area (Å²) in [4.78, 5) is 36.8. The van der Waals surface area contributed by atoms with Crippen LogP contribution in [0.2, 0.25) is 0 Å². The molecule has 0 bridgehead atoms. The number of carbonyl (C=O) groups is 3. The van der Waals surface area contributed by atoms with Gasteiger partial charge in [0.2, 0.25) is 0 Å². The standard InChI is InChI=1S/C24H23NO6/c26-21(25-18-7-3-1-4-8-18)16-29-19-11-9-17(10-12-19)15-20-22(27)30-24(31-23(20)28)13-5-2-6-14-24/h1,3-4,7-12,15H,2,5-6,13-14,16H2,(H,25,26). The number of nitrogens with one attached hydrogen (secondary N) is 1. The average Bonchev–Trinajstić information content (AvgIpc) is 2.77. The first-order valence-corrected chi connectivity index (χ1v) is 10.3. The van der Waals surface area contributed by atoms with Gasteiger partial charge in [-0.3, -0.25) is 4.79 Å². The number of rotatable bonds is 5. The van der Waals surface area contributed by atoms with Crippen LogP contribution >= 0.6 is 0 Å². The molecule has 1 aliphatic carbocycles. The van der Waals surface area contributed by atoms with Gasteiger partial charge in [-0.25, -0.2) is 9.59 Å². The van der Waals surface area contributed by atoms with E-state index in [-0.39, 0.29) is 18.1 Å². The van der Waals surface area contributed by atoms with Crippen LogP contribution < -0.4 is 10.1 Å². The van der Waals surface area contributed by atoms with E-state index < -0.39 is 17.7 Å². The maximum Gasteiger partial charge on any atom is 0.348 e. The van der Waals surface area contributed by atoms with Crippen LogP contribution in [0.25, 0.3) is 6.08 Å². The minimum atomic E-state index is -1.10. The summed E-state index contributed by atoms with van der Waals surface area (Å²) in [6.45, 7) is -0.143. The summed E-state index contributed by atoms with van der Waals surface area (Å²) in [6.07, 6.45) is 5.30. The minimum absolute atomic E-state index is 0.132. The summed E-state index contributed by atoms with van der Waals surface area (Å²) in [7, 11) is 0. The van der Waals surface area contributed by atoms with Crippen LogP contribution in [0.15, 0.2) is 60.2 Å². The largest absolute Gasteiger partial charge is 0.484 e. The van der Waals surface area contributed by atoms with Crippen molar-refractivity contribution in [3.8, 4) is 5.75 Å². The van der Waals surface area contributed by atoms with E-state index in [1.165, 1.54) is 6.08 Å². The van der Waals surface area contributed by atoms with Gasteiger partial charge in [-0.15, -0.1) is 0 Å². The molecule has 7 nitrogen and oxygen atoms in total. The maximum atomic E-state index is 12.4. The van der Waals surface area contributed by atoms with Gasteiger partial charge in [-0.1, -0.05) is 36.8 Å². The highest BCUT2D eigenvalue weighted by Gasteiger charge is 2.46. The topological polar surface area (TPSA) is 90.9 Å². The number of hydrogen-bond donors (Lipinski definition) is 1. The monoisotopic (exact) mass is 421 g/mol. The van der Waals surface area contributed by atoms with Crippen molar-refractivity contribution >= 4 is 29.6 Å². The normalized spacial score (nSPS) is 17.5. The number of ether oxygens (including phenoxy) is 3. The number of anilines is 1. The Bertz CT molecular complexity index is 968. The number of esters is 2. The predicted molar refractivity (Wildman–Crippen MR) is 113 cm³/mol. The van der Waals surface area contributed by atoms with E-state index in [1.54, 1.807) is 36.4 Å². The number of amides is 1. The van der Waals surface area contributed by atoms with Gasteiger partial charge in [-0.2, -0.15) is 0 Å². The Hall–Kier alpha value is -3.61. The third-order valence-corrected chi connectivity index (χ3v) is 5.23. The van der Waals surface area contributed by atoms with Crippen LogP contribution in [0.4, 0.5) is 5.69 Å². The summed E-state index contributed by atoms with van der Waals surface area (Å²) >= 11 is 0. The molecule has 1 spiro atoms. The highest BCUT2D eigenvalue weighted by Crippen LogP contribution is 2.37. The second-order valence-corrected chi connectivity index (χ2v) is 7.58. The number of benzene rings is 2. The summed E-state index contributed by atoms with van der Waals surface area (Å²) in [5.41, 5.74) is 1.18. The van der Waals surface area contributed by atoms with Crippen LogP contribution in [0.1, 0.15) is 37.7 Å². The van der Waals surface area contributed by atoms with Crippen LogP contribution in [0.5, 0.6) is 5.75 Å². The summed E-state index contributed by atoms with van der Waals surface area (Å²) in [5, 5.41) is 2.74. The first-order valence-electron chi connectivity index (χ1n) is 10.3. The highest BCUT2D eigenvalue weighted by atomic mass is 16.7. The summed E-state index contributed by atoms with van der Waals surface area (Å²) < 4.78 is 16.5. The van der Waals surface area contributed by atoms with Gasteiger partial charge >= 0.3 is 11.9 Å². The Morgan fingerprint density at radius 1 is 0.935 bits per heavy atom. The van der Waals surface area contributed by atoms with E-state index in [9.17, 15) is 14.4 Å². The second kappa shape index (κ2) is 9.04. The zero-order valence-corrected chi connectivity index (χ0v) is 17.0. The number of para-hydroxylation sites is 1. The van der Waals surface area contributed by atoms with E-state index in [0.717, 1.165) is 19.3 Å². The fraction of sp³-hybridized carbons (Fsp3) is 0.292. The molecular formula is C24H23NO6. The molecule has 2 aromatic carbocycles. The number of carbonyl (C=O) groups excluding carboxylic acids is 3. The molecule has 1 heterocycles. The van der Waals surface area contributed by atoms with E-state index in [4.69, 9.17) is 14.2 Å². The Labute approximate surface area is 180 Å². The number of hydrogen-bond acceptors (Lipinski definition) is 6. The molecule has 0 atom stereocenters. The van der Waals surface area contributed by atoms with Gasteiger partial charge in [0.15, 0.2) is 6.61 Å². The molecular weight excluding hydrogens is 398 g/mol.